The van der Waals surface area contributed by atoms with Crippen molar-refractivity contribution in [2.75, 3.05) is 7.11 Å². The Morgan fingerprint density at radius 1 is 1.15 bits per heavy atom. The Balaban J connectivity index is 2.82. The summed E-state index contributed by atoms with van der Waals surface area (Å²) < 4.78 is 9.71. The van der Waals surface area contributed by atoms with Gasteiger partial charge in [-0.3, -0.25) is 4.79 Å². The Bertz CT molecular complexity index is 486. The zero-order chi connectivity index (χ0) is 15.1. The molecule has 20 heavy (non-hydrogen) atoms. The van der Waals surface area contributed by atoms with Gasteiger partial charge in [-0.1, -0.05) is 18.2 Å². The molecule has 0 spiro atoms. The van der Waals surface area contributed by atoms with E-state index in [4.69, 9.17) is 4.74 Å². The number of ether oxygens (including phenoxy) is 2. The van der Waals surface area contributed by atoms with Gasteiger partial charge in [-0.25, -0.2) is 9.59 Å². The van der Waals surface area contributed by atoms with E-state index >= 15 is 0 Å². The molecule has 1 amide bonds. The molecule has 1 rings (SSSR count). The molecule has 0 radical (unpaired) electrons. The predicted molar refractivity (Wildman–Crippen MR) is 70.9 cm³/mol. The minimum absolute atomic E-state index is 0.316. The maximum atomic E-state index is 11.9. The third-order valence-corrected chi connectivity index (χ3v) is 2.56. The van der Waals surface area contributed by atoms with Gasteiger partial charge in [-0.15, -0.1) is 0 Å². The van der Waals surface area contributed by atoms with Crippen molar-refractivity contribution in [1.29, 1.82) is 0 Å². The van der Waals surface area contributed by atoms with Crippen LogP contribution >= 0.6 is 0 Å². The van der Waals surface area contributed by atoms with Crippen LogP contribution < -0.4 is 5.32 Å². The number of rotatable bonds is 5. The van der Waals surface area contributed by atoms with E-state index in [1.807, 2.05) is 0 Å². The zero-order valence-electron chi connectivity index (χ0n) is 11.6. The number of hydrogen-bond donors (Lipinski definition) is 1. The maximum Gasteiger partial charge on any atom is 0.349 e. The second-order valence-corrected chi connectivity index (χ2v) is 4.20. The van der Waals surface area contributed by atoms with Crippen molar-refractivity contribution in [1.82, 2.24) is 5.32 Å². The van der Waals surface area contributed by atoms with Crippen LogP contribution in [0.4, 0.5) is 0 Å². The van der Waals surface area contributed by atoms with Crippen molar-refractivity contribution in [3.05, 3.63) is 35.9 Å². The number of hydrogen-bond acceptors (Lipinski definition) is 5. The minimum atomic E-state index is -1.20. The van der Waals surface area contributed by atoms with Crippen molar-refractivity contribution in [3.63, 3.8) is 0 Å². The Labute approximate surface area is 117 Å². The first-order valence-electron chi connectivity index (χ1n) is 6.06. The van der Waals surface area contributed by atoms with E-state index in [0.29, 0.717) is 5.56 Å². The van der Waals surface area contributed by atoms with Gasteiger partial charge in [0.2, 0.25) is 12.0 Å². The zero-order valence-corrected chi connectivity index (χ0v) is 11.6. The van der Waals surface area contributed by atoms with Crippen LogP contribution in [0.15, 0.2) is 30.3 Å². The average Bonchev–Trinajstić information content (AvgIpc) is 2.43. The van der Waals surface area contributed by atoms with Gasteiger partial charge in [-0.2, -0.15) is 0 Å². The van der Waals surface area contributed by atoms with Crippen molar-refractivity contribution in [2.45, 2.75) is 26.0 Å². The highest BCUT2D eigenvalue weighted by atomic mass is 16.6. The summed E-state index contributed by atoms with van der Waals surface area (Å²) in [6.45, 7) is 2.87. The minimum Gasteiger partial charge on any atom is -0.466 e. The fourth-order valence-corrected chi connectivity index (χ4v) is 1.62. The fraction of sp³-hybridized carbons (Fsp3) is 0.357. The molecular weight excluding hydrogens is 262 g/mol. The summed E-state index contributed by atoms with van der Waals surface area (Å²) in [4.78, 5) is 34.6. The molecule has 0 aliphatic rings. The lowest BCUT2D eigenvalue weighted by molar-refractivity contribution is -0.152. The Kier molecular flexibility index (Phi) is 5.71. The van der Waals surface area contributed by atoms with E-state index in [1.165, 1.54) is 14.0 Å². The molecule has 0 fully saturated rings. The number of carbonyl (C=O) groups is 3. The third-order valence-electron chi connectivity index (χ3n) is 2.56. The smallest absolute Gasteiger partial charge is 0.349 e. The van der Waals surface area contributed by atoms with E-state index < -0.39 is 24.1 Å². The van der Waals surface area contributed by atoms with Crippen LogP contribution in [-0.2, 0) is 19.1 Å². The van der Waals surface area contributed by atoms with Gasteiger partial charge in [0.1, 0.15) is 0 Å². The summed E-state index contributed by atoms with van der Waals surface area (Å²) >= 11 is 0. The lowest BCUT2D eigenvalue weighted by Gasteiger charge is -2.22. The fourth-order valence-electron chi connectivity index (χ4n) is 1.62. The van der Waals surface area contributed by atoms with Gasteiger partial charge in [0.05, 0.1) is 18.7 Å². The number of amides is 1. The Morgan fingerprint density at radius 2 is 1.75 bits per heavy atom. The van der Waals surface area contributed by atoms with E-state index in [2.05, 4.69) is 10.1 Å². The van der Waals surface area contributed by atoms with Gasteiger partial charge in [0, 0.05) is 6.92 Å². The molecule has 2 atom stereocenters. The predicted octanol–water partition coefficient (Wildman–Crippen LogP) is 0.910. The van der Waals surface area contributed by atoms with Gasteiger partial charge in [0.25, 0.3) is 0 Å². The normalized spacial score (nSPS) is 12.9. The number of carbonyl (C=O) groups excluding carboxylic acids is 3. The molecule has 0 heterocycles. The number of nitrogens with one attached hydrogen (secondary N) is 1. The molecule has 1 aromatic rings. The van der Waals surface area contributed by atoms with E-state index in [1.54, 1.807) is 37.3 Å². The molecule has 0 aliphatic heterocycles. The van der Waals surface area contributed by atoms with Crippen LogP contribution in [0.5, 0.6) is 0 Å². The van der Waals surface area contributed by atoms with Crippen molar-refractivity contribution < 1.29 is 23.9 Å². The summed E-state index contributed by atoms with van der Waals surface area (Å²) in [6.07, 6.45) is -1.20. The first kappa shape index (κ1) is 15.7. The highest BCUT2D eigenvalue weighted by Gasteiger charge is 2.31. The highest BCUT2D eigenvalue weighted by molar-refractivity contribution is 5.91. The molecule has 6 nitrogen and oxygen atoms in total. The molecule has 1 N–H and O–H groups in total. The topological polar surface area (TPSA) is 81.7 Å². The third kappa shape index (κ3) is 4.38. The molecule has 0 saturated carbocycles. The van der Waals surface area contributed by atoms with E-state index in [9.17, 15) is 14.4 Å². The molecule has 0 aliphatic carbocycles. The lowest BCUT2D eigenvalue weighted by atomic mass is 10.1. The van der Waals surface area contributed by atoms with Gasteiger partial charge in [0.15, 0.2) is 0 Å². The summed E-state index contributed by atoms with van der Waals surface area (Å²) in [5, 5.41) is 2.50. The quantitative estimate of drug-likeness (QED) is 0.810. The first-order chi connectivity index (χ1) is 9.45. The SMILES string of the molecule is COC(=O)[C@H](OC(=O)c1ccccc1)[C@H](C)NC(C)=O. The molecular formula is C14H17NO5. The van der Waals surface area contributed by atoms with Crippen LogP contribution in [0, 0.1) is 0 Å². The number of benzene rings is 1. The van der Waals surface area contributed by atoms with Crippen LogP contribution in [0.1, 0.15) is 24.2 Å². The van der Waals surface area contributed by atoms with Crippen LogP contribution in [0.25, 0.3) is 0 Å². The van der Waals surface area contributed by atoms with Crippen LogP contribution in [0.2, 0.25) is 0 Å². The number of methoxy groups -OCH3 is 1. The lowest BCUT2D eigenvalue weighted by Crippen LogP contribution is -2.47. The largest absolute Gasteiger partial charge is 0.466 e. The van der Waals surface area contributed by atoms with Crippen molar-refractivity contribution in [3.8, 4) is 0 Å². The average molecular weight is 279 g/mol. The molecule has 1 aromatic carbocycles. The summed E-state index contributed by atoms with van der Waals surface area (Å²) in [5.41, 5.74) is 0.316. The second-order valence-electron chi connectivity index (χ2n) is 4.20. The Hall–Kier alpha value is -2.37. The summed E-state index contributed by atoms with van der Waals surface area (Å²) in [5.74, 6) is -1.71. The molecule has 0 saturated heterocycles. The first-order valence-corrected chi connectivity index (χ1v) is 6.06. The van der Waals surface area contributed by atoms with Crippen molar-refractivity contribution in [2.24, 2.45) is 0 Å². The summed E-state index contributed by atoms with van der Waals surface area (Å²) in [6, 6.07) is 7.57. The standard InChI is InChI=1S/C14H17NO5/c1-9(15-10(2)16)12(14(18)19-3)20-13(17)11-7-5-4-6-8-11/h4-9,12H,1-3H3,(H,15,16)/t9-,12+/m0/s1. The molecule has 0 aromatic heterocycles. The Morgan fingerprint density at radius 3 is 2.25 bits per heavy atom. The molecule has 6 heteroatoms. The van der Waals surface area contributed by atoms with Crippen LogP contribution in [-0.4, -0.2) is 37.1 Å². The highest BCUT2D eigenvalue weighted by Crippen LogP contribution is 2.08. The molecule has 0 unspecified atom stereocenters. The van der Waals surface area contributed by atoms with Crippen LogP contribution in [0.3, 0.4) is 0 Å². The second kappa shape index (κ2) is 7.28. The van der Waals surface area contributed by atoms with Crippen molar-refractivity contribution >= 4 is 17.8 Å². The van der Waals surface area contributed by atoms with Gasteiger partial charge < -0.3 is 14.8 Å². The van der Waals surface area contributed by atoms with Gasteiger partial charge >= 0.3 is 11.9 Å². The molecule has 108 valence electrons. The molecule has 0 bridgehead atoms. The monoisotopic (exact) mass is 279 g/mol. The van der Waals surface area contributed by atoms with Gasteiger partial charge in [-0.05, 0) is 19.1 Å². The number of esters is 2. The van der Waals surface area contributed by atoms with E-state index in [0.717, 1.165) is 0 Å². The maximum absolute atomic E-state index is 11.9. The summed E-state index contributed by atoms with van der Waals surface area (Å²) in [7, 11) is 1.19. The van der Waals surface area contributed by atoms with E-state index in [-0.39, 0.29) is 5.91 Å².